The largest absolute Gasteiger partial charge is 0.296 e. The zero-order valence-corrected chi connectivity index (χ0v) is 14.1. The molecular weight excluding hydrogens is 346 g/mol. The van der Waals surface area contributed by atoms with E-state index >= 15 is 0 Å². The van der Waals surface area contributed by atoms with Crippen molar-refractivity contribution in [3.8, 4) is 0 Å². The SMILES string of the molecule is Cc1csc(C(=O)Nc2nnc(CC(C)C)s2)c1Br. The van der Waals surface area contributed by atoms with Crippen molar-refractivity contribution in [2.45, 2.75) is 27.2 Å². The molecule has 2 aromatic heterocycles. The van der Waals surface area contributed by atoms with E-state index in [1.165, 1.54) is 22.7 Å². The van der Waals surface area contributed by atoms with Gasteiger partial charge in [-0.25, -0.2) is 0 Å². The molecule has 0 aliphatic rings. The molecule has 1 N–H and O–H groups in total. The number of hydrogen-bond acceptors (Lipinski definition) is 5. The summed E-state index contributed by atoms with van der Waals surface area (Å²) in [6.07, 6.45) is 0.884. The zero-order chi connectivity index (χ0) is 14.0. The molecule has 0 saturated carbocycles. The zero-order valence-electron chi connectivity index (χ0n) is 10.9. The number of halogens is 1. The normalized spacial score (nSPS) is 11.0. The van der Waals surface area contributed by atoms with Crippen molar-refractivity contribution in [2.24, 2.45) is 5.92 Å². The quantitative estimate of drug-likeness (QED) is 0.892. The molecule has 0 bridgehead atoms. The van der Waals surface area contributed by atoms with E-state index in [0.29, 0.717) is 15.9 Å². The Morgan fingerprint density at radius 3 is 2.79 bits per heavy atom. The third-order valence-corrected chi connectivity index (χ3v) is 5.62. The molecule has 2 rings (SSSR count). The second-order valence-electron chi connectivity index (χ2n) is 4.61. The van der Waals surface area contributed by atoms with E-state index in [-0.39, 0.29) is 5.91 Å². The summed E-state index contributed by atoms with van der Waals surface area (Å²) < 4.78 is 0.849. The first-order chi connectivity index (χ1) is 8.97. The van der Waals surface area contributed by atoms with Crippen LogP contribution in [0.15, 0.2) is 9.85 Å². The van der Waals surface area contributed by atoms with Crippen molar-refractivity contribution in [1.82, 2.24) is 10.2 Å². The summed E-state index contributed by atoms with van der Waals surface area (Å²) in [5, 5.41) is 14.3. The van der Waals surface area contributed by atoms with E-state index in [0.717, 1.165) is 21.5 Å². The van der Waals surface area contributed by atoms with Crippen LogP contribution in [0, 0.1) is 12.8 Å². The van der Waals surface area contributed by atoms with Crippen LogP contribution in [-0.4, -0.2) is 16.1 Å². The van der Waals surface area contributed by atoms with Crippen LogP contribution in [0.4, 0.5) is 5.13 Å². The van der Waals surface area contributed by atoms with Crippen molar-refractivity contribution in [3.63, 3.8) is 0 Å². The van der Waals surface area contributed by atoms with Crippen molar-refractivity contribution >= 4 is 49.6 Å². The lowest BCUT2D eigenvalue weighted by atomic mass is 10.1. The van der Waals surface area contributed by atoms with Gasteiger partial charge in [0.05, 0.1) is 0 Å². The molecule has 0 atom stereocenters. The predicted octanol–water partition coefficient (Wildman–Crippen LogP) is 4.12. The van der Waals surface area contributed by atoms with Crippen molar-refractivity contribution in [1.29, 1.82) is 0 Å². The summed E-state index contributed by atoms with van der Waals surface area (Å²) in [6, 6.07) is 0. The maximum atomic E-state index is 12.1. The third-order valence-electron chi connectivity index (χ3n) is 2.38. The smallest absolute Gasteiger partial charge is 0.268 e. The molecule has 0 unspecified atom stereocenters. The van der Waals surface area contributed by atoms with Crippen LogP contribution in [-0.2, 0) is 6.42 Å². The fourth-order valence-electron chi connectivity index (χ4n) is 1.47. The molecule has 0 saturated heterocycles. The van der Waals surface area contributed by atoms with Gasteiger partial charge in [0.15, 0.2) is 0 Å². The Morgan fingerprint density at radius 2 is 2.21 bits per heavy atom. The van der Waals surface area contributed by atoms with Gasteiger partial charge in [-0.3, -0.25) is 10.1 Å². The van der Waals surface area contributed by atoms with Gasteiger partial charge in [-0.05, 0) is 39.7 Å². The second-order valence-corrected chi connectivity index (χ2v) is 7.35. The molecule has 0 fully saturated rings. The van der Waals surface area contributed by atoms with Gasteiger partial charge < -0.3 is 0 Å². The molecule has 1 amide bonds. The summed E-state index contributed by atoms with van der Waals surface area (Å²) in [4.78, 5) is 12.8. The highest BCUT2D eigenvalue weighted by molar-refractivity contribution is 9.10. The Bertz CT molecular complexity index is 592. The van der Waals surface area contributed by atoms with Crippen LogP contribution in [0.5, 0.6) is 0 Å². The molecule has 4 nitrogen and oxygen atoms in total. The molecule has 0 aromatic carbocycles. The number of carbonyl (C=O) groups is 1. The highest BCUT2D eigenvalue weighted by Gasteiger charge is 2.16. The minimum atomic E-state index is -0.141. The number of nitrogens with one attached hydrogen (secondary N) is 1. The van der Waals surface area contributed by atoms with Gasteiger partial charge in [0.1, 0.15) is 9.88 Å². The number of rotatable bonds is 4. The topological polar surface area (TPSA) is 54.9 Å². The molecule has 0 spiro atoms. The first-order valence-corrected chi connectivity index (χ1v) is 8.33. The number of carbonyl (C=O) groups excluding carboxylic acids is 1. The number of amides is 1. The maximum absolute atomic E-state index is 12.1. The highest BCUT2D eigenvalue weighted by atomic mass is 79.9. The standard InChI is InChI=1S/C12H14BrN3OS2/c1-6(2)4-8-15-16-12(19-8)14-11(17)10-9(13)7(3)5-18-10/h5-6H,4H2,1-3H3,(H,14,16,17). The van der Waals surface area contributed by atoms with Gasteiger partial charge in [0.25, 0.3) is 5.91 Å². The highest BCUT2D eigenvalue weighted by Crippen LogP contribution is 2.28. The first kappa shape index (κ1) is 14.6. The maximum Gasteiger partial charge on any atom is 0.268 e. The monoisotopic (exact) mass is 359 g/mol. The molecule has 7 heteroatoms. The van der Waals surface area contributed by atoms with Crippen LogP contribution in [0.3, 0.4) is 0 Å². The van der Waals surface area contributed by atoms with Gasteiger partial charge in [-0.2, -0.15) is 0 Å². The molecular formula is C12H14BrN3OS2. The summed E-state index contributed by atoms with van der Waals surface area (Å²) in [5.41, 5.74) is 1.06. The Balaban J connectivity index is 2.07. The summed E-state index contributed by atoms with van der Waals surface area (Å²) in [5.74, 6) is 0.391. The molecule has 0 aliphatic carbocycles. The first-order valence-electron chi connectivity index (χ1n) is 5.84. The van der Waals surface area contributed by atoms with Crippen LogP contribution < -0.4 is 5.32 Å². The lowest BCUT2D eigenvalue weighted by Gasteiger charge is -1.99. The van der Waals surface area contributed by atoms with E-state index in [4.69, 9.17) is 0 Å². The van der Waals surface area contributed by atoms with Gasteiger partial charge >= 0.3 is 0 Å². The Hall–Kier alpha value is -0.790. The molecule has 0 radical (unpaired) electrons. The fraction of sp³-hybridized carbons (Fsp3) is 0.417. The average molecular weight is 360 g/mol. The van der Waals surface area contributed by atoms with Crippen LogP contribution in [0.25, 0.3) is 0 Å². The van der Waals surface area contributed by atoms with Gasteiger partial charge in [0, 0.05) is 10.9 Å². The molecule has 2 heterocycles. The summed E-state index contributed by atoms with van der Waals surface area (Å²) in [6.45, 7) is 6.22. The lowest BCUT2D eigenvalue weighted by molar-refractivity contribution is 0.102. The van der Waals surface area contributed by atoms with Crippen molar-refractivity contribution in [2.75, 3.05) is 5.32 Å². The second kappa shape index (κ2) is 6.11. The van der Waals surface area contributed by atoms with E-state index in [9.17, 15) is 4.79 Å². The van der Waals surface area contributed by atoms with Crippen molar-refractivity contribution in [3.05, 3.63) is 25.3 Å². The van der Waals surface area contributed by atoms with Crippen molar-refractivity contribution < 1.29 is 4.79 Å². The number of hydrogen-bond donors (Lipinski definition) is 1. The van der Waals surface area contributed by atoms with Crippen LogP contribution in [0.2, 0.25) is 0 Å². The van der Waals surface area contributed by atoms with E-state index in [2.05, 4.69) is 45.3 Å². The number of aromatic nitrogens is 2. The van der Waals surface area contributed by atoms with E-state index in [1.54, 1.807) is 0 Å². The van der Waals surface area contributed by atoms with Crippen LogP contribution in [0.1, 0.15) is 34.1 Å². The molecule has 0 aliphatic heterocycles. The average Bonchev–Trinajstić information content (AvgIpc) is 2.87. The van der Waals surface area contributed by atoms with E-state index < -0.39 is 0 Å². The van der Waals surface area contributed by atoms with Gasteiger partial charge in [-0.15, -0.1) is 21.5 Å². The van der Waals surface area contributed by atoms with E-state index in [1.807, 2.05) is 12.3 Å². The number of aryl methyl sites for hydroxylation is 1. The Kier molecular flexibility index (Phi) is 4.70. The Morgan fingerprint density at radius 1 is 1.47 bits per heavy atom. The molecule has 2 aromatic rings. The molecule has 19 heavy (non-hydrogen) atoms. The van der Waals surface area contributed by atoms with Gasteiger partial charge in [-0.1, -0.05) is 25.2 Å². The Labute approximate surface area is 128 Å². The minimum Gasteiger partial charge on any atom is -0.296 e. The summed E-state index contributed by atoms with van der Waals surface area (Å²) >= 11 is 6.27. The number of thiophene rings is 1. The number of anilines is 1. The number of nitrogens with zero attached hydrogens (tertiary/aromatic N) is 2. The predicted molar refractivity (Wildman–Crippen MR) is 83.2 cm³/mol. The molecule has 102 valence electrons. The summed E-state index contributed by atoms with van der Waals surface area (Å²) in [7, 11) is 0. The third kappa shape index (κ3) is 3.61. The minimum absolute atomic E-state index is 0.141. The lowest BCUT2D eigenvalue weighted by Crippen LogP contribution is -2.10. The van der Waals surface area contributed by atoms with Crippen LogP contribution >= 0.6 is 38.6 Å². The fourth-order valence-corrected chi connectivity index (χ4v) is 3.98. The van der Waals surface area contributed by atoms with Gasteiger partial charge in [0.2, 0.25) is 5.13 Å².